The largest absolute Gasteiger partial charge is 0.494 e. The molecule has 2 heterocycles. The highest BCUT2D eigenvalue weighted by Crippen LogP contribution is 2.29. The number of amides is 1. The summed E-state index contributed by atoms with van der Waals surface area (Å²) in [5.41, 5.74) is 8.19. The lowest BCUT2D eigenvalue weighted by Crippen LogP contribution is -2.28. The minimum Gasteiger partial charge on any atom is -0.494 e. The Labute approximate surface area is 206 Å². The lowest BCUT2D eigenvalue weighted by Gasteiger charge is -2.11. The Morgan fingerprint density at radius 2 is 2.06 bits per heavy atom. The van der Waals surface area contributed by atoms with Gasteiger partial charge >= 0.3 is 0 Å². The summed E-state index contributed by atoms with van der Waals surface area (Å²) in [4.78, 5) is 21.2. The van der Waals surface area contributed by atoms with E-state index in [0.29, 0.717) is 60.3 Å². The number of carbonyl (C=O) groups excluding carboxylic acids is 1. The van der Waals surface area contributed by atoms with Crippen LogP contribution in [0, 0.1) is 5.82 Å². The van der Waals surface area contributed by atoms with E-state index in [1.54, 1.807) is 53.3 Å². The van der Waals surface area contributed by atoms with E-state index in [-0.39, 0.29) is 16.7 Å². The van der Waals surface area contributed by atoms with Crippen LogP contribution in [0.3, 0.4) is 0 Å². The van der Waals surface area contributed by atoms with Gasteiger partial charge in [0, 0.05) is 36.7 Å². The molecule has 0 fully saturated rings. The van der Waals surface area contributed by atoms with Crippen molar-refractivity contribution in [3.8, 4) is 17.0 Å². The second kappa shape index (κ2) is 11.1. The van der Waals surface area contributed by atoms with E-state index in [0.717, 1.165) is 0 Å². The molecule has 0 aliphatic carbocycles. The summed E-state index contributed by atoms with van der Waals surface area (Å²) in [6.07, 6.45) is 4.99. The Bertz CT molecular complexity index is 1350. The summed E-state index contributed by atoms with van der Waals surface area (Å²) < 4.78 is 26.3. The van der Waals surface area contributed by atoms with Gasteiger partial charge in [-0.3, -0.25) is 9.20 Å². The highest BCUT2D eigenvalue weighted by molar-refractivity contribution is 6.34. The molecular weight excluding hydrogens is 475 g/mol. The average Bonchev–Trinajstić information content (AvgIpc) is 3.29. The number of halogens is 2. The summed E-state index contributed by atoms with van der Waals surface area (Å²) in [5.74, 6) is -0.129. The van der Waals surface area contributed by atoms with Crippen molar-refractivity contribution in [2.45, 2.75) is 0 Å². The van der Waals surface area contributed by atoms with Gasteiger partial charge in [-0.1, -0.05) is 11.6 Å². The van der Waals surface area contributed by atoms with Crippen LogP contribution < -0.4 is 21.1 Å². The molecule has 0 radical (unpaired) electrons. The molecule has 1 amide bonds. The SMILES string of the molecule is COc1ccc(-c2cnc3c(Nc4ccc(C(=O)NCCOCCN)c(Cl)c4)nccn23)cc1F. The molecule has 0 aliphatic heterocycles. The zero-order valence-electron chi connectivity index (χ0n) is 18.9. The third-order valence-electron chi connectivity index (χ3n) is 5.15. The monoisotopic (exact) mass is 498 g/mol. The van der Waals surface area contributed by atoms with Gasteiger partial charge in [-0.25, -0.2) is 14.4 Å². The number of carbonyl (C=O) groups is 1. The van der Waals surface area contributed by atoms with Crippen molar-refractivity contribution in [2.75, 3.05) is 38.7 Å². The number of ether oxygens (including phenoxy) is 2. The maximum atomic E-state index is 14.2. The zero-order valence-corrected chi connectivity index (χ0v) is 19.7. The Hall–Kier alpha value is -3.73. The summed E-state index contributed by atoms with van der Waals surface area (Å²) in [7, 11) is 1.42. The predicted molar refractivity (Wildman–Crippen MR) is 132 cm³/mol. The van der Waals surface area contributed by atoms with E-state index in [2.05, 4.69) is 20.6 Å². The van der Waals surface area contributed by atoms with Crippen LogP contribution in [-0.2, 0) is 4.74 Å². The molecule has 0 unspecified atom stereocenters. The Balaban J connectivity index is 1.52. The van der Waals surface area contributed by atoms with Crippen molar-refractivity contribution in [2.24, 2.45) is 5.73 Å². The van der Waals surface area contributed by atoms with Gasteiger partial charge in [0.05, 0.1) is 42.8 Å². The van der Waals surface area contributed by atoms with Crippen molar-refractivity contribution >= 4 is 34.7 Å². The van der Waals surface area contributed by atoms with Crippen LogP contribution >= 0.6 is 11.6 Å². The maximum absolute atomic E-state index is 14.2. The summed E-state index contributed by atoms with van der Waals surface area (Å²) >= 11 is 6.36. The number of nitrogens with one attached hydrogen (secondary N) is 2. The Kier molecular flexibility index (Phi) is 7.76. The number of anilines is 2. The van der Waals surface area contributed by atoms with Gasteiger partial charge in [-0.05, 0) is 36.4 Å². The molecule has 4 N–H and O–H groups in total. The topological polar surface area (TPSA) is 116 Å². The highest BCUT2D eigenvalue weighted by Gasteiger charge is 2.14. The van der Waals surface area contributed by atoms with E-state index >= 15 is 0 Å². The quantitative estimate of drug-likeness (QED) is 0.286. The van der Waals surface area contributed by atoms with Crippen LogP contribution in [0.2, 0.25) is 5.02 Å². The molecule has 2 aromatic heterocycles. The van der Waals surface area contributed by atoms with Gasteiger partial charge in [0.15, 0.2) is 23.0 Å². The molecule has 0 atom stereocenters. The number of nitrogens with zero attached hydrogens (tertiary/aromatic N) is 3. The molecule has 0 bridgehead atoms. The van der Waals surface area contributed by atoms with Crippen LogP contribution in [0.5, 0.6) is 5.75 Å². The fourth-order valence-electron chi connectivity index (χ4n) is 3.48. The molecule has 2 aromatic carbocycles. The highest BCUT2D eigenvalue weighted by atomic mass is 35.5. The maximum Gasteiger partial charge on any atom is 0.252 e. The molecule has 182 valence electrons. The van der Waals surface area contributed by atoms with Crippen LogP contribution in [-0.4, -0.2) is 53.7 Å². The zero-order chi connectivity index (χ0) is 24.8. The summed E-state index contributed by atoms with van der Waals surface area (Å²) in [6, 6.07) is 9.70. The van der Waals surface area contributed by atoms with Crippen molar-refractivity contribution < 1.29 is 18.7 Å². The first-order valence-electron chi connectivity index (χ1n) is 10.8. The van der Waals surface area contributed by atoms with Gasteiger partial charge in [0.1, 0.15) is 0 Å². The first-order valence-corrected chi connectivity index (χ1v) is 11.2. The van der Waals surface area contributed by atoms with Gasteiger partial charge in [0.25, 0.3) is 5.91 Å². The molecule has 9 nitrogen and oxygen atoms in total. The number of hydrogen-bond donors (Lipinski definition) is 3. The smallest absolute Gasteiger partial charge is 0.252 e. The lowest BCUT2D eigenvalue weighted by atomic mass is 10.1. The van der Waals surface area contributed by atoms with Crippen molar-refractivity contribution in [1.29, 1.82) is 0 Å². The number of rotatable bonds is 10. The van der Waals surface area contributed by atoms with Crippen molar-refractivity contribution in [3.63, 3.8) is 0 Å². The van der Waals surface area contributed by atoms with Crippen molar-refractivity contribution in [3.05, 3.63) is 71.4 Å². The second-order valence-electron chi connectivity index (χ2n) is 7.44. The Morgan fingerprint density at radius 3 is 2.80 bits per heavy atom. The second-order valence-corrected chi connectivity index (χ2v) is 7.85. The first-order chi connectivity index (χ1) is 17.0. The molecule has 11 heteroatoms. The fraction of sp³-hybridized carbons (Fsp3) is 0.208. The first kappa shape index (κ1) is 24.4. The van der Waals surface area contributed by atoms with Gasteiger partial charge in [-0.2, -0.15) is 0 Å². The molecule has 35 heavy (non-hydrogen) atoms. The number of fused-ring (bicyclic) bond motifs is 1. The fourth-order valence-corrected chi connectivity index (χ4v) is 3.74. The van der Waals surface area contributed by atoms with E-state index in [1.165, 1.54) is 13.2 Å². The van der Waals surface area contributed by atoms with Crippen LogP contribution in [0.4, 0.5) is 15.9 Å². The standard InChI is InChI=1S/C24H24ClFN6O3/c1-34-21-5-2-15(12-19(21)26)20-14-30-23-22(28-7-9-32(20)23)31-16-3-4-17(18(25)13-16)24(33)29-8-11-35-10-6-27/h2-5,7,9,12-14H,6,8,10-11,27H2,1H3,(H,28,31)(H,29,33). The Morgan fingerprint density at radius 1 is 1.20 bits per heavy atom. The number of hydrogen-bond acceptors (Lipinski definition) is 7. The normalized spacial score (nSPS) is 11.0. The van der Waals surface area contributed by atoms with Crippen LogP contribution in [0.25, 0.3) is 16.9 Å². The predicted octanol–water partition coefficient (Wildman–Crippen LogP) is 3.65. The van der Waals surface area contributed by atoms with Crippen molar-refractivity contribution in [1.82, 2.24) is 19.7 Å². The van der Waals surface area contributed by atoms with E-state index < -0.39 is 5.82 Å². The summed E-state index contributed by atoms with van der Waals surface area (Å²) in [6.45, 7) is 1.58. The minimum absolute atomic E-state index is 0.167. The third-order valence-corrected chi connectivity index (χ3v) is 5.46. The van der Waals surface area contributed by atoms with E-state index in [1.807, 2.05) is 0 Å². The molecule has 4 aromatic rings. The molecule has 4 rings (SSSR count). The number of nitrogens with two attached hydrogens (primary N) is 1. The van der Waals surface area contributed by atoms with Gasteiger partial charge < -0.3 is 25.8 Å². The van der Waals surface area contributed by atoms with E-state index in [4.69, 9.17) is 26.8 Å². The van der Waals surface area contributed by atoms with Gasteiger partial charge in [-0.15, -0.1) is 0 Å². The summed E-state index contributed by atoms with van der Waals surface area (Å²) in [5, 5.41) is 6.21. The number of aromatic nitrogens is 3. The molecule has 0 saturated heterocycles. The number of methoxy groups -OCH3 is 1. The van der Waals surface area contributed by atoms with Crippen LogP contribution in [0.15, 0.2) is 55.0 Å². The van der Waals surface area contributed by atoms with Crippen LogP contribution in [0.1, 0.15) is 10.4 Å². The molecule has 0 spiro atoms. The minimum atomic E-state index is -0.464. The number of imidazole rings is 1. The third kappa shape index (κ3) is 5.51. The molecular formula is C24H24ClFN6O3. The number of benzene rings is 2. The lowest BCUT2D eigenvalue weighted by molar-refractivity contribution is 0.0920. The van der Waals surface area contributed by atoms with E-state index in [9.17, 15) is 9.18 Å². The molecule has 0 aliphatic rings. The van der Waals surface area contributed by atoms with Gasteiger partial charge in [0.2, 0.25) is 0 Å². The molecule has 0 saturated carbocycles. The average molecular weight is 499 g/mol.